The maximum Gasteiger partial charge on any atom is 0.243 e. The van der Waals surface area contributed by atoms with Crippen LogP contribution in [0.3, 0.4) is 0 Å². The molecule has 1 aromatic rings. The topological polar surface area (TPSA) is 61.9 Å². The number of thiocarbonyl (C=S) groups is 1. The number of benzene rings is 1. The lowest BCUT2D eigenvalue weighted by Crippen LogP contribution is -2.43. The van der Waals surface area contributed by atoms with Crippen molar-refractivity contribution in [1.29, 1.82) is 0 Å². The van der Waals surface area contributed by atoms with Gasteiger partial charge in [0.2, 0.25) is 10.0 Å². The highest BCUT2D eigenvalue weighted by atomic mass is 35.5. The number of nitrogens with zero attached hydrogens (tertiary/aromatic N) is 2. The van der Waals surface area contributed by atoms with Gasteiger partial charge in [-0.15, -0.1) is 0 Å². The van der Waals surface area contributed by atoms with Gasteiger partial charge in [-0.2, -0.15) is 4.31 Å². The van der Waals surface area contributed by atoms with Crippen LogP contribution in [0.1, 0.15) is 39.0 Å². The molecule has 0 radical (unpaired) electrons. The normalized spacial score (nSPS) is 19.4. The summed E-state index contributed by atoms with van der Waals surface area (Å²) in [5, 5.41) is 4.23. The van der Waals surface area contributed by atoms with Crippen molar-refractivity contribution in [2.45, 2.75) is 50.0 Å². The van der Waals surface area contributed by atoms with Crippen molar-refractivity contribution in [3.63, 3.8) is 0 Å². The van der Waals surface area contributed by atoms with Crippen LogP contribution in [-0.2, 0) is 14.8 Å². The third-order valence-corrected chi connectivity index (χ3v) is 7.97. The Morgan fingerprint density at radius 3 is 2.61 bits per heavy atom. The quantitative estimate of drug-likeness (QED) is 0.697. The van der Waals surface area contributed by atoms with E-state index in [9.17, 15) is 8.42 Å². The zero-order valence-corrected chi connectivity index (χ0v) is 18.6. The van der Waals surface area contributed by atoms with Crippen LogP contribution in [0.25, 0.3) is 0 Å². The van der Waals surface area contributed by atoms with Gasteiger partial charge in [0.15, 0.2) is 5.11 Å². The Labute approximate surface area is 178 Å². The van der Waals surface area contributed by atoms with E-state index < -0.39 is 10.0 Å². The van der Waals surface area contributed by atoms with E-state index in [2.05, 4.69) is 17.1 Å². The van der Waals surface area contributed by atoms with Gasteiger partial charge in [-0.1, -0.05) is 30.9 Å². The number of nitrogens with one attached hydrogen (secondary N) is 1. The Hall–Kier alpha value is -0.930. The van der Waals surface area contributed by atoms with Gasteiger partial charge in [-0.05, 0) is 50.2 Å². The van der Waals surface area contributed by atoms with Crippen molar-refractivity contribution in [3.8, 4) is 0 Å². The fourth-order valence-corrected chi connectivity index (χ4v) is 5.83. The number of ether oxygens (including phenoxy) is 1. The summed E-state index contributed by atoms with van der Waals surface area (Å²) in [5.74, 6) is 0. The molecule has 1 aromatic carbocycles. The van der Waals surface area contributed by atoms with E-state index in [4.69, 9.17) is 28.6 Å². The average Bonchev–Trinajstić information content (AvgIpc) is 2.71. The standard InChI is InChI=1S/C19H28ClN3O3S2/c1-2-23(15-6-4-3-5-7-15)19(27)21-18-14-16(8-9-17(18)20)28(24,25)22-10-12-26-13-11-22/h8-9,14-15H,2-7,10-13H2,1H3,(H,21,27). The van der Waals surface area contributed by atoms with Crippen molar-refractivity contribution < 1.29 is 13.2 Å². The molecule has 1 aliphatic carbocycles. The lowest BCUT2D eigenvalue weighted by atomic mass is 9.94. The van der Waals surface area contributed by atoms with Gasteiger partial charge in [0.25, 0.3) is 0 Å². The van der Waals surface area contributed by atoms with Gasteiger partial charge < -0.3 is 15.0 Å². The lowest BCUT2D eigenvalue weighted by molar-refractivity contribution is 0.0730. The Morgan fingerprint density at radius 1 is 1.29 bits per heavy atom. The fourth-order valence-electron chi connectivity index (χ4n) is 3.84. The van der Waals surface area contributed by atoms with E-state index >= 15 is 0 Å². The summed E-state index contributed by atoms with van der Waals surface area (Å²) in [5.41, 5.74) is 0.523. The molecule has 2 aliphatic rings. The molecule has 0 spiro atoms. The van der Waals surface area contributed by atoms with Crippen molar-refractivity contribution in [1.82, 2.24) is 9.21 Å². The third-order valence-electron chi connectivity index (χ3n) is 5.40. The summed E-state index contributed by atoms with van der Waals surface area (Å²) in [4.78, 5) is 2.40. The first-order valence-corrected chi connectivity index (χ1v) is 12.1. The van der Waals surface area contributed by atoms with Gasteiger partial charge in [0.05, 0.1) is 28.8 Å². The van der Waals surface area contributed by atoms with Gasteiger partial charge in [-0.3, -0.25) is 0 Å². The van der Waals surface area contributed by atoms with Gasteiger partial charge in [-0.25, -0.2) is 8.42 Å². The molecule has 0 aromatic heterocycles. The minimum Gasteiger partial charge on any atom is -0.379 e. The molecule has 2 fully saturated rings. The van der Waals surface area contributed by atoms with Gasteiger partial charge in [0, 0.05) is 25.7 Å². The molecule has 1 N–H and O–H groups in total. The van der Waals surface area contributed by atoms with Crippen LogP contribution in [0, 0.1) is 0 Å². The minimum absolute atomic E-state index is 0.213. The molecule has 1 aliphatic heterocycles. The molecule has 1 heterocycles. The van der Waals surface area contributed by atoms with E-state index in [1.165, 1.54) is 23.6 Å². The molecule has 0 atom stereocenters. The minimum atomic E-state index is -3.59. The number of halogens is 1. The van der Waals surface area contributed by atoms with Crippen LogP contribution in [0.2, 0.25) is 5.02 Å². The van der Waals surface area contributed by atoms with Crippen molar-refractivity contribution in [2.75, 3.05) is 38.2 Å². The third kappa shape index (κ3) is 4.97. The first-order chi connectivity index (χ1) is 13.4. The van der Waals surface area contributed by atoms with Crippen molar-refractivity contribution in [2.24, 2.45) is 0 Å². The Kier molecular flexibility index (Phi) is 7.55. The SMILES string of the molecule is CCN(C(=S)Nc1cc(S(=O)(=O)N2CCOCC2)ccc1Cl)C1CCCCC1. The van der Waals surface area contributed by atoms with Crippen LogP contribution in [-0.4, -0.2) is 61.6 Å². The number of hydrogen-bond acceptors (Lipinski definition) is 4. The second kappa shape index (κ2) is 9.71. The number of rotatable bonds is 5. The van der Waals surface area contributed by atoms with E-state index in [-0.39, 0.29) is 4.90 Å². The summed E-state index contributed by atoms with van der Waals surface area (Å²) in [7, 11) is -3.59. The van der Waals surface area contributed by atoms with Crippen LogP contribution in [0.4, 0.5) is 5.69 Å². The maximum atomic E-state index is 12.9. The average molecular weight is 446 g/mol. The van der Waals surface area contributed by atoms with Crippen LogP contribution >= 0.6 is 23.8 Å². The summed E-state index contributed by atoms with van der Waals surface area (Å²) in [6, 6.07) is 5.16. The summed E-state index contributed by atoms with van der Waals surface area (Å²) >= 11 is 12.0. The Bertz CT molecular complexity index is 792. The van der Waals surface area contributed by atoms with Crippen molar-refractivity contribution >= 4 is 44.6 Å². The van der Waals surface area contributed by atoms with E-state index in [1.807, 2.05) is 0 Å². The molecular weight excluding hydrogens is 418 g/mol. The molecule has 0 bridgehead atoms. The molecule has 6 nitrogen and oxygen atoms in total. The van der Waals surface area contributed by atoms with Crippen LogP contribution in [0.15, 0.2) is 23.1 Å². The molecule has 1 saturated heterocycles. The maximum absolute atomic E-state index is 12.9. The molecule has 156 valence electrons. The lowest BCUT2D eigenvalue weighted by Gasteiger charge is -2.35. The highest BCUT2D eigenvalue weighted by Crippen LogP contribution is 2.29. The second-order valence-electron chi connectivity index (χ2n) is 7.17. The molecule has 1 saturated carbocycles. The summed E-state index contributed by atoms with van der Waals surface area (Å²) in [6.07, 6.45) is 5.99. The fraction of sp³-hybridized carbons (Fsp3) is 0.632. The zero-order chi connectivity index (χ0) is 20.1. The Balaban J connectivity index is 1.78. The van der Waals surface area contributed by atoms with E-state index in [0.717, 1.165) is 19.4 Å². The zero-order valence-electron chi connectivity index (χ0n) is 16.2. The number of anilines is 1. The van der Waals surface area contributed by atoms with Gasteiger partial charge >= 0.3 is 0 Å². The smallest absolute Gasteiger partial charge is 0.243 e. The Morgan fingerprint density at radius 2 is 1.96 bits per heavy atom. The first-order valence-electron chi connectivity index (χ1n) is 9.88. The van der Waals surface area contributed by atoms with Crippen LogP contribution < -0.4 is 5.32 Å². The van der Waals surface area contributed by atoms with Gasteiger partial charge in [0.1, 0.15) is 0 Å². The molecule has 28 heavy (non-hydrogen) atoms. The molecule has 3 rings (SSSR count). The highest BCUT2D eigenvalue weighted by Gasteiger charge is 2.27. The largest absolute Gasteiger partial charge is 0.379 e. The predicted molar refractivity (Wildman–Crippen MR) is 117 cm³/mol. The monoisotopic (exact) mass is 445 g/mol. The summed E-state index contributed by atoms with van der Waals surface area (Å²) < 4.78 is 32.6. The molecule has 0 unspecified atom stereocenters. The van der Waals surface area contributed by atoms with E-state index in [0.29, 0.717) is 48.2 Å². The first kappa shape index (κ1) is 21.8. The predicted octanol–water partition coefficient (Wildman–Crippen LogP) is 3.71. The number of morpholine rings is 1. The van der Waals surface area contributed by atoms with Crippen molar-refractivity contribution in [3.05, 3.63) is 23.2 Å². The van der Waals surface area contributed by atoms with Crippen LogP contribution in [0.5, 0.6) is 0 Å². The molecule has 0 amide bonds. The van der Waals surface area contributed by atoms with E-state index in [1.54, 1.807) is 18.2 Å². The number of sulfonamides is 1. The second-order valence-corrected chi connectivity index (χ2v) is 9.90. The number of hydrogen-bond donors (Lipinski definition) is 1. The summed E-state index contributed by atoms with van der Waals surface area (Å²) in [6.45, 7) is 4.43. The highest BCUT2D eigenvalue weighted by molar-refractivity contribution is 7.89. The molecular formula is C19H28ClN3O3S2. The molecule has 9 heteroatoms.